The first-order valence-corrected chi connectivity index (χ1v) is 5.79. The fraction of sp³-hybridized carbons (Fsp3) is 0.429. The topological polar surface area (TPSA) is 74.6 Å². The van der Waals surface area contributed by atoms with E-state index in [1.54, 1.807) is 45.0 Å². The van der Waals surface area contributed by atoms with Crippen molar-refractivity contribution < 1.29 is 19.8 Å². The summed E-state index contributed by atoms with van der Waals surface area (Å²) in [7, 11) is 0. The SMILES string of the molecule is CC(C(=O)O)c1ccc(CC(C)(C)C(=O)O)cc1. The zero-order chi connectivity index (χ0) is 13.9. The Kier molecular flexibility index (Phi) is 4.11. The van der Waals surface area contributed by atoms with Crippen molar-refractivity contribution in [3.63, 3.8) is 0 Å². The van der Waals surface area contributed by atoms with Crippen molar-refractivity contribution in [3.05, 3.63) is 35.4 Å². The molecule has 0 fully saturated rings. The van der Waals surface area contributed by atoms with Gasteiger partial charge in [-0.2, -0.15) is 0 Å². The molecule has 0 saturated carbocycles. The molecular formula is C14H18O4. The Balaban J connectivity index is 2.84. The summed E-state index contributed by atoms with van der Waals surface area (Å²) in [6.45, 7) is 4.96. The van der Waals surface area contributed by atoms with Crippen LogP contribution in [0.25, 0.3) is 0 Å². The number of hydrogen-bond acceptors (Lipinski definition) is 2. The molecular weight excluding hydrogens is 232 g/mol. The molecule has 0 spiro atoms. The summed E-state index contributed by atoms with van der Waals surface area (Å²) in [6.07, 6.45) is 0.421. The van der Waals surface area contributed by atoms with E-state index in [0.717, 1.165) is 11.1 Å². The molecule has 98 valence electrons. The Hall–Kier alpha value is -1.84. The number of hydrogen-bond donors (Lipinski definition) is 2. The van der Waals surface area contributed by atoms with E-state index in [1.807, 2.05) is 0 Å². The predicted molar refractivity (Wildman–Crippen MR) is 67.6 cm³/mol. The second kappa shape index (κ2) is 5.21. The highest BCUT2D eigenvalue weighted by atomic mass is 16.4. The van der Waals surface area contributed by atoms with Crippen LogP contribution >= 0.6 is 0 Å². The van der Waals surface area contributed by atoms with Gasteiger partial charge in [0.2, 0.25) is 0 Å². The Morgan fingerprint density at radius 2 is 1.67 bits per heavy atom. The van der Waals surface area contributed by atoms with Crippen molar-refractivity contribution in [1.29, 1.82) is 0 Å². The van der Waals surface area contributed by atoms with Crippen LogP contribution in [0.3, 0.4) is 0 Å². The summed E-state index contributed by atoms with van der Waals surface area (Å²) in [5.74, 6) is -2.26. The maximum atomic E-state index is 11.0. The van der Waals surface area contributed by atoms with E-state index in [4.69, 9.17) is 10.2 Å². The number of rotatable bonds is 5. The van der Waals surface area contributed by atoms with E-state index in [0.29, 0.717) is 6.42 Å². The number of aliphatic carboxylic acids is 2. The van der Waals surface area contributed by atoms with Crippen LogP contribution in [0.1, 0.15) is 37.8 Å². The molecule has 1 aromatic rings. The quantitative estimate of drug-likeness (QED) is 0.842. The lowest BCUT2D eigenvalue weighted by Crippen LogP contribution is -2.26. The van der Waals surface area contributed by atoms with Gasteiger partial charge in [-0.05, 0) is 38.3 Å². The fourth-order valence-corrected chi connectivity index (χ4v) is 1.65. The second-order valence-electron chi connectivity index (χ2n) is 5.17. The van der Waals surface area contributed by atoms with Crippen LogP contribution in [0, 0.1) is 5.41 Å². The van der Waals surface area contributed by atoms with Gasteiger partial charge < -0.3 is 10.2 Å². The molecule has 0 aliphatic carbocycles. The van der Waals surface area contributed by atoms with E-state index >= 15 is 0 Å². The molecule has 0 aliphatic heterocycles. The lowest BCUT2D eigenvalue weighted by molar-refractivity contribution is -0.146. The molecule has 1 unspecified atom stereocenters. The van der Waals surface area contributed by atoms with Crippen LogP contribution in [0.4, 0.5) is 0 Å². The van der Waals surface area contributed by atoms with E-state index in [1.165, 1.54) is 0 Å². The number of carboxylic acid groups (broad SMARTS) is 2. The number of carbonyl (C=O) groups is 2. The smallest absolute Gasteiger partial charge is 0.310 e. The molecule has 18 heavy (non-hydrogen) atoms. The molecule has 4 heteroatoms. The first-order chi connectivity index (χ1) is 8.24. The Labute approximate surface area is 106 Å². The van der Waals surface area contributed by atoms with Crippen molar-refractivity contribution in [2.45, 2.75) is 33.1 Å². The van der Waals surface area contributed by atoms with Gasteiger partial charge in [0, 0.05) is 0 Å². The van der Waals surface area contributed by atoms with Crippen LogP contribution in [-0.2, 0) is 16.0 Å². The van der Waals surface area contributed by atoms with Gasteiger partial charge in [-0.15, -0.1) is 0 Å². The van der Waals surface area contributed by atoms with Crippen molar-refractivity contribution in [3.8, 4) is 0 Å². The number of carboxylic acids is 2. The van der Waals surface area contributed by atoms with Crippen molar-refractivity contribution in [2.24, 2.45) is 5.41 Å². The molecule has 0 aromatic heterocycles. The van der Waals surface area contributed by atoms with Gasteiger partial charge in [0.25, 0.3) is 0 Å². The molecule has 0 bridgehead atoms. The minimum absolute atomic E-state index is 0.421. The monoisotopic (exact) mass is 250 g/mol. The summed E-state index contributed by atoms with van der Waals surface area (Å²) in [6, 6.07) is 7.07. The third kappa shape index (κ3) is 3.32. The fourth-order valence-electron chi connectivity index (χ4n) is 1.65. The van der Waals surface area contributed by atoms with Crippen LogP contribution in [0.15, 0.2) is 24.3 Å². The van der Waals surface area contributed by atoms with E-state index in [9.17, 15) is 9.59 Å². The highest BCUT2D eigenvalue weighted by Gasteiger charge is 2.27. The third-order valence-corrected chi connectivity index (χ3v) is 3.08. The minimum atomic E-state index is -0.867. The molecule has 2 N–H and O–H groups in total. The summed E-state index contributed by atoms with van der Waals surface area (Å²) in [4.78, 5) is 21.8. The van der Waals surface area contributed by atoms with Crippen LogP contribution < -0.4 is 0 Å². The van der Waals surface area contributed by atoms with Crippen LogP contribution in [0.5, 0.6) is 0 Å². The summed E-state index contributed by atoms with van der Waals surface area (Å²) >= 11 is 0. The molecule has 0 amide bonds. The number of benzene rings is 1. The largest absolute Gasteiger partial charge is 0.481 e. The molecule has 4 nitrogen and oxygen atoms in total. The summed E-state index contributed by atoms with van der Waals surface area (Å²) < 4.78 is 0. The van der Waals surface area contributed by atoms with Gasteiger partial charge >= 0.3 is 11.9 Å². The molecule has 1 aromatic carbocycles. The lowest BCUT2D eigenvalue weighted by Gasteiger charge is -2.19. The Morgan fingerprint density at radius 1 is 1.17 bits per heavy atom. The van der Waals surface area contributed by atoms with Gasteiger partial charge in [0.15, 0.2) is 0 Å². The van der Waals surface area contributed by atoms with E-state index in [2.05, 4.69) is 0 Å². The molecule has 0 radical (unpaired) electrons. The zero-order valence-electron chi connectivity index (χ0n) is 10.8. The molecule has 0 saturated heterocycles. The van der Waals surface area contributed by atoms with E-state index < -0.39 is 23.3 Å². The van der Waals surface area contributed by atoms with Gasteiger partial charge in [0.05, 0.1) is 11.3 Å². The van der Waals surface area contributed by atoms with Gasteiger partial charge in [-0.3, -0.25) is 9.59 Å². The van der Waals surface area contributed by atoms with Gasteiger partial charge in [0.1, 0.15) is 0 Å². The average molecular weight is 250 g/mol. The van der Waals surface area contributed by atoms with Gasteiger partial charge in [-0.25, -0.2) is 0 Å². The first-order valence-electron chi connectivity index (χ1n) is 5.79. The first kappa shape index (κ1) is 14.2. The molecule has 0 aliphatic rings. The Morgan fingerprint density at radius 3 is 2.06 bits per heavy atom. The van der Waals surface area contributed by atoms with Crippen molar-refractivity contribution >= 4 is 11.9 Å². The van der Waals surface area contributed by atoms with Crippen molar-refractivity contribution in [2.75, 3.05) is 0 Å². The Bertz CT molecular complexity index is 445. The second-order valence-corrected chi connectivity index (χ2v) is 5.17. The maximum Gasteiger partial charge on any atom is 0.310 e. The van der Waals surface area contributed by atoms with Crippen molar-refractivity contribution in [1.82, 2.24) is 0 Å². The average Bonchev–Trinajstić information content (AvgIpc) is 2.28. The third-order valence-electron chi connectivity index (χ3n) is 3.08. The van der Waals surface area contributed by atoms with Crippen LogP contribution in [0.2, 0.25) is 0 Å². The molecule has 0 heterocycles. The normalized spacial score (nSPS) is 13.1. The summed E-state index contributed by atoms with van der Waals surface area (Å²) in [5.41, 5.74) is 0.794. The molecule has 1 atom stereocenters. The maximum absolute atomic E-state index is 11.0. The zero-order valence-corrected chi connectivity index (χ0v) is 10.8. The highest BCUT2D eigenvalue weighted by molar-refractivity contribution is 5.75. The van der Waals surface area contributed by atoms with Crippen LogP contribution in [-0.4, -0.2) is 22.2 Å². The lowest BCUT2D eigenvalue weighted by atomic mass is 9.85. The van der Waals surface area contributed by atoms with E-state index in [-0.39, 0.29) is 0 Å². The highest BCUT2D eigenvalue weighted by Crippen LogP contribution is 2.23. The summed E-state index contributed by atoms with van der Waals surface area (Å²) in [5, 5.41) is 17.9. The molecule has 1 rings (SSSR count). The minimum Gasteiger partial charge on any atom is -0.481 e. The predicted octanol–water partition coefficient (Wildman–Crippen LogP) is 2.53. The van der Waals surface area contributed by atoms with Gasteiger partial charge in [-0.1, -0.05) is 24.3 Å². The standard InChI is InChI=1S/C14H18O4/c1-9(12(15)16)11-6-4-10(5-7-11)8-14(2,3)13(17)18/h4-7,9H,8H2,1-3H3,(H,15,16)(H,17,18).